The van der Waals surface area contributed by atoms with Gasteiger partial charge in [0.25, 0.3) is 0 Å². The molecule has 0 saturated carbocycles. The molecule has 0 amide bonds. The number of benzene rings is 20. The molecule has 0 aromatic heterocycles. The molecule has 0 fully saturated rings. The van der Waals surface area contributed by atoms with E-state index in [1.54, 1.807) is 0 Å². The molecule has 0 spiro atoms. The summed E-state index contributed by atoms with van der Waals surface area (Å²) in [4.78, 5) is 9.92. The van der Waals surface area contributed by atoms with E-state index in [2.05, 4.69) is 541 Å². The molecule has 0 saturated heterocycles. The summed E-state index contributed by atoms with van der Waals surface area (Å²) in [6.45, 7) is 0. The number of fused-ring (bicyclic) bond motifs is 3. The fourth-order valence-electron chi connectivity index (χ4n) is 18.4. The molecule has 0 unspecified atom stereocenters. The Bertz CT molecular complexity index is 5940. The van der Waals surface area contributed by atoms with Crippen LogP contribution in [-0.2, 0) is 5.41 Å². The second-order valence-electron chi connectivity index (χ2n) is 32.0. The SMILES string of the molecule is c1ccc(-c2ccc(N(c3ccc(-c4ccccc4)cc3)c3cc(N(c4ccc(-c5ccccc5)cc4)c4ccc(-c5ccccc5)cc4)cc(C4(c5cc(N(c6ccc(-c7ccccc7)cc6)c6ccc(-c7ccccc7)cc6)cc(N(c6ccc(-c7ccccc7)cc6)c6ccc(-c7ccccc7)cc6)c5)c5ccccc5-c5ccccc54)c3)cc2)cc1. The lowest BCUT2D eigenvalue weighted by Gasteiger charge is -2.39. The average Bonchev–Trinajstić information content (AvgIpc) is 1.54. The van der Waals surface area contributed by atoms with Crippen LogP contribution in [0.5, 0.6) is 0 Å². The van der Waals surface area contributed by atoms with Gasteiger partial charge in [0.15, 0.2) is 0 Å². The van der Waals surface area contributed by atoms with E-state index in [1.165, 1.54) is 0 Å². The molecule has 0 bridgehead atoms. The zero-order valence-electron chi connectivity index (χ0n) is 68.9. The molecular formula is C121H86N4. The first kappa shape index (κ1) is 76.0. The Balaban J connectivity index is 0.881. The van der Waals surface area contributed by atoms with E-state index in [4.69, 9.17) is 0 Å². The van der Waals surface area contributed by atoms with Gasteiger partial charge in [-0.1, -0.05) is 388 Å². The zero-order chi connectivity index (χ0) is 83.3. The second-order valence-corrected chi connectivity index (χ2v) is 32.0. The number of hydrogen-bond acceptors (Lipinski definition) is 4. The summed E-state index contributed by atoms with van der Waals surface area (Å²) in [7, 11) is 0. The van der Waals surface area contributed by atoms with Crippen LogP contribution in [0.25, 0.3) is 100 Å². The maximum atomic E-state index is 2.52. The summed E-state index contributed by atoms with van der Waals surface area (Å²) >= 11 is 0. The fourth-order valence-corrected chi connectivity index (χ4v) is 18.4. The highest BCUT2D eigenvalue weighted by Gasteiger charge is 2.48. The Morgan fingerprint density at radius 2 is 0.248 bits per heavy atom. The molecule has 0 radical (unpaired) electrons. The number of rotatable bonds is 22. The first-order valence-electron chi connectivity index (χ1n) is 42.9. The van der Waals surface area contributed by atoms with Crippen molar-refractivity contribution < 1.29 is 0 Å². The van der Waals surface area contributed by atoms with Crippen molar-refractivity contribution in [1.82, 2.24) is 0 Å². The lowest BCUT2D eigenvalue weighted by atomic mass is 9.67. The van der Waals surface area contributed by atoms with Crippen molar-refractivity contribution in [2.45, 2.75) is 5.41 Å². The maximum Gasteiger partial charge on any atom is 0.0716 e. The predicted octanol–water partition coefficient (Wildman–Crippen LogP) is 33.3. The summed E-state index contributed by atoms with van der Waals surface area (Å²) < 4.78 is 0. The highest BCUT2D eigenvalue weighted by molar-refractivity contribution is 5.94. The van der Waals surface area contributed by atoms with Crippen LogP contribution in [0.2, 0.25) is 0 Å². The minimum Gasteiger partial charge on any atom is -0.310 e. The van der Waals surface area contributed by atoms with Crippen LogP contribution in [0.3, 0.4) is 0 Å². The monoisotopic (exact) mass is 1590 g/mol. The summed E-state index contributed by atoms with van der Waals surface area (Å²) in [6, 6.07) is 192. The van der Waals surface area contributed by atoms with Crippen molar-refractivity contribution >= 4 is 68.2 Å². The van der Waals surface area contributed by atoms with Gasteiger partial charge in [0.1, 0.15) is 0 Å². The molecule has 590 valence electrons. The molecule has 1 aliphatic carbocycles. The second kappa shape index (κ2) is 34.0. The molecule has 4 nitrogen and oxygen atoms in total. The molecule has 125 heavy (non-hydrogen) atoms. The first-order chi connectivity index (χ1) is 61.9. The fraction of sp³-hybridized carbons (Fsp3) is 0.00826. The molecule has 0 aliphatic heterocycles. The van der Waals surface area contributed by atoms with Crippen LogP contribution in [-0.4, -0.2) is 0 Å². The molecule has 20 aromatic carbocycles. The average molecular weight is 1600 g/mol. The Kier molecular flexibility index (Phi) is 20.7. The minimum atomic E-state index is -1.11. The smallest absolute Gasteiger partial charge is 0.0716 e. The van der Waals surface area contributed by atoms with Crippen LogP contribution >= 0.6 is 0 Å². The number of anilines is 12. The van der Waals surface area contributed by atoms with Gasteiger partial charge in [-0.05, 0) is 256 Å². The van der Waals surface area contributed by atoms with E-state index in [9.17, 15) is 0 Å². The lowest BCUT2D eigenvalue weighted by molar-refractivity contribution is 0.768. The van der Waals surface area contributed by atoms with Crippen molar-refractivity contribution in [3.05, 3.63) is 544 Å². The van der Waals surface area contributed by atoms with Gasteiger partial charge in [-0.3, -0.25) is 0 Å². The largest absolute Gasteiger partial charge is 0.310 e. The normalized spacial score (nSPS) is 11.7. The standard InChI is InChI=1S/C121H86N4/c1-9-29-87(30-10-1)95-49-65-105(66-50-95)122(106-67-51-96(52-68-106)88-31-11-2-12-32-88)113-81-103(82-114(85-113)123(107-69-53-97(54-70-107)89-33-13-3-14-34-89)108-71-55-98(56-72-108)90-35-15-4-16-36-90)121(119-47-27-25-45-117(119)118-46-26-28-48-120(118)121)104-83-115(124(109-73-57-99(58-74-109)91-37-17-5-18-38-91)110-75-59-100(60-76-110)92-39-19-6-20-40-92)86-116(84-104)125(111-77-61-101(62-78-111)93-41-21-7-22-42-93)112-79-63-102(64-80-112)94-43-23-8-24-44-94/h1-86H. The molecule has 4 heteroatoms. The maximum absolute atomic E-state index is 2.52. The quantitative estimate of drug-likeness (QED) is 0.0670. The van der Waals surface area contributed by atoms with E-state index < -0.39 is 5.41 Å². The highest BCUT2D eigenvalue weighted by atomic mass is 15.2. The van der Waals surface area contributed by atoms with E-state index in [0.29, 0.717) is 0 Å². The van der Waals surface area contributed by atoms with E-state index in [-0.39, 0.29) is 0 Å². The van der Waals surface area contributed by atoms with Crippen LogP contribution in [0.15, 0.2) is 522 Å². The number of hydrogen-bond donors (Lipinski definition) is 0. The van der Waals surface area contributed by atoms with Crippen molar-refractivity contribution in [2.75, 3.05) is 19.6 Å². The van der Waals surface area contributed by atoms with Crippen LogP contribution in [0, 0.1) is 0 Å². The first-order valence-corrected chi connectivity index (χ1v) is 42.9. The van der Waals surface area contributed by atoms with Crippen molar-refractivity contribution in [3.8, 4) is 100 Å². The van der Waals surface area contributed by atoms with Gasteiger partial charge in [0.05, 0.1) is 5.41 Å². The topological polar surface area (TPSA) is 13.0 Å². The number of nitrogens with zero attached hydrogens (tertiary/aromatic N) is 4. The third-order valence-corrected chi connectivity index (χ3v) is 24.5. The van der Waals surface area contributed by atoms with Crippen LogP contribution < -0.4 is 19.6 Å². The van der Waals surface area contributed by atoms with Gasteiger partial charge >= 0.3 is 0 Å². The molecule has 21 rings (SSSR count). The van der Waals surface area contributed by atoms with Crippen LogP contribution in [0.4, 0.5) is 68.2 Å². The van der Waals surface area contributed by atoms with Gasteiger partial charge < -0.3 is 19.6 Å². The molecule has 1 aliphatic rings. The molecule has 20 aromatic rings. The third kappa shape index (κ3) is 15.1. The Morgan fingerprint density at radius 1 is 0.112 bits per heavy atom. The molecule has 0 heterocycles. The summed E-state index contributed by atoms with van der Waals surface area (Å²) in [5.41, 5.74) is 35.6. The Morgan fingerprint density at radius 3 is 0.408 bits per heavy atom. The molecule has 0 atom stereocenters. The van der Waals surface area contributed by atoms with Crippen molar-refractivity contribution in [2.24, 2.45) is 0 Å². The lowest BCUT2D eigenvalue weighted by Crippen LogP contribution is -2.30. The minimum absolute atomic E-state index is 0.958. The zero-order valence-corrected chi connectivity index (χ0v) is 68.9. The molecular weight excluding hydrogens is 1510 g/mol. The summed E-state index contributed by atoms with van der Waals surface area (Å²) in [5, 5.41) is 0. The van der Waals surface area contributed by atoms with Gasteiger partial charge in [-0.15, -0.1) is 0 Å². The van der Waals surface area contributed by atoms with E-state index in [0.717, 1.165) is 191 Å². The summed E-state index contributed by atoms with van der Waals surface area (Å²) in [6.07, 6.45) is 0. The van der Waals surface area contributed by atoms with E-state index >= 15 is 0 Å². The van der Waals surface area contributed by atoms with Gasteiger partial charge in [-0.25, -0.2) is 0 Å². The highest BCUT2D eigenvalue weighted by Crippen LogP contribution is 2.60. The Labute approximate surface area is 732 Å². The van der Waals surface area contributed by atoms with Crippen molar-refractivity contribution in [1.29, 1.82) is 0 Å². The predicted molar refractivity (Wildman–Crippen MR) is 526 cm³/mol. The van der Waals surface area contributed by atoms with Gasteiger partial charge in [-0.2, -0.15) is 0 Å². The molecule has 0 N–H and O–H groups in total. The van der Waals surface area contributed by atoms with Gasteiger partial charge in [0, 0.05) is 68.2 Å². The Hall–Kier alpha value is -16.4. The van der Waals surface area contributed by atoms with E-state index in [1.807, 2.05) is 0 Å². The van der Waals surface area contributed by atoms with Crippen molar-refractivity contribution in [3.63, 3.8) is 0 Å². The third-order valence-electron chi connectivity index (χ3n) is 24.5. The summed E-state index contributed by atoms with van der Waals surface area (Å²) in [5.74, 6) is 0. The van der Waals surface area contributed by atoms with Crippen LogP contribution in [0.1, 0.15) is 22.3 Å². The van der Waals surface area contributed by atoms with Gasteiger partial charge in [0.2, 0.25) is 0 Å².